The molecule has 0 aliphatic rings. The Morgan fingerprint density at radius 3 is 2.12 bits per heavy atom. The van der Waals surface area contributed by atoms with Crippen LogP contribution in [-0.4, -0.2) is 45.2 Å². The fourth-order valence-corrected chi connectivity index (χ4v) is 2.67. The zero-order valence-corrected chi connectivity index (χ0v) is 15.8. The first-order valence-electron chi connectivity index (χ1n) is 7.98. The molecule has 140 valence electrons. The molecular weight excluding hydrogens is 338 g/mol. The van der Waals surface area contributed by atoms with Gasteiger partial charge in [0.25, 0.3) is 5.91 Å². The minimum absolute atomic E-state index is 0.204. The lowest BCUT2D eigenvalue weighted by Gasteiger charge is -2.18. The van der Waals surface area contributed by atoms with E-state index in [1.54, 1.807) is 46.4 Å². The summed E-state index contributed by atoms with van der Waals surface area (Å²) >= 11 is 0. The van der Waals surface area contributed by atoms with Gasteiger partial charge in [0.1, 0.15) is 28.6 Å². The molecule has 1 aromatic heterocycles. The summed E-state index contributed by atoms with van der Waals surface area (Å²) in [5.74, 6) is 1.39. The summed E-state index contributed by atoms with van der Waals surface area (Å²) in [5, 5.41) is 0. The van der Waals surface area contributed by atoms with Crippen molar-refractivity contribution in [2.75, 3.05) is 28.4 Å². The standard InChI is InChI=1S/C19H23NO6/c1-11-16(23-4)7-13(8-17(11)24-5)18(21)20(3)10-14-9-15(12(2)26-14)19(22)25-6/h7-9H,10H2,1-6H3. The molecule has 0 saturated carbocycles. The van der Waals surface area contributed by atoms with Crippen LogP contribution >= 0.6 is 0 Å². The van der Waals surface area contributed by atoms with Gasteiger partial charge in [-0.25, -0.2) is 4.79 Å². The van der Waals surface area contributed by atoms with Crippen LogP contribution < -0.4 is 9.47 Å². The number of carbonyl (C=O) groups excluding carboxylic acids is 2. The van der Waals surface area contributed by atoms with E-state index < -0.39 is 5.97 Å². The van der Waals surface area contributed by atoms with Crippen LogP contribution in [0.25, 0.3) is 0 Å². The van der Waals surface area contributed by atoms with E-state index in [9.17, 15) is 9.59 Å². The van der Waals surface area contributed by atoms with Crippen molar-refractivity contribution >= 4 is 11.9 Å². The lowest BCUT2D eigenvalue weighted by Crippen LogP contribution is -2.26. The summed E-state index contributed by atoms with van der Waals surface area (Å²) in [5.41, 5.74) is 1.60. The zero-order valence-electron chi connectivity index (χ0n) is 15.8. The maximum atomic E-state index is 12.8. The minimum atomic E-state index is -0.473. The number of furan rings is 1. The summed E-state index contributed by atoms with van der Waals surface area (Å²) in [7, 11) is 6.04. The van der Waals surface area contributed by atoms with Crippen LogP contribution in [0.4, 0.5) is 0 Å². The highest BCUT2D eigenvalue weighted by atomic mass is 16.5. The summed E-state index contributed by atoms with van der Waals surface area (Å²) in [4.78, 5) is 25.9. The Kier molecular flexibility index (Phi) is 5.92. The van der Waals surface area contributed by atoms with E-state index in [2.05, 4.69) is 0 Å². The van der Waals surface area contributed by atoms with Crippen molar-refractivity contribution in [3.63, 3.8) is 0 Å². The van der Waals surface area contributed by atoms with Crippen LogP contribution in [0.1, 0.15) is 37.8 Å². The van der Waals surface area contributed by atoms with Crippen LogP contribution in [0.3, 0.4) is 0 Å². The predicted octanol–water partition coefficient (Wildman–Crippen LogP) is 2.97. The number of nitrogens with zero attached hydrogens (tertiary/aromatic N) is 1. The highest BCUT2D eigenvalue weighted by Gasteiger charge is 2.20. The van der Waals surface area contributed by atoms with Gasteiger partial charge in [-0.15, -0.1) is 0 Å². The molecule has 1 amide bonds. The van der Waals surface area contributed by atoms with Gasteiger partial charge in [0.2, 0.25) is 0 Å². The number of methoxy groups -OCH3 is 3. The molecule has 0 radical (unpaired) electrons. The molecular formula is C19H23NO6. The number of aryl methyl sites for hydroxylation is 1. The van der Waals surface area contributed by atoms with Crippen LogP contribution in [0.2, 0.25) is 0 Å². The third-order valence-corrected chi connectivity index (χ3v) is 4.11. The number of hydrogen-bond donors (Lipinski definition) is 0. The molecule has 0 unspecified atom stereocenters. The second-order valence-corrected chi connectivity index (χ2v) is 5.84. The van der Waals surface area contributed by atoms with Gasteiger partial charge < -0.3 is 23.5 Å². The lowest BCUT2D eigenvalue weighted by atomic mass is 10.1. The van der Waals surface area contributed by atoms with Crippen molar-refractivity contribution in [3.05, 3.63) is 46.4 Å². The molecule has 1 heterocycles. The zero-order chi connectivity index (χ0) is 19.4. The number of benzene rings is 1. The highest BCUT2D eigenvalue weighted by molar-refractivity contribution is 5.95. The van der Waals surface area contributed by atoms with E-state index in [-0.39, 0.29) is 12.5 Å². The van der Waals surface area contributed by atoms with Gasteiger partial charge in [-0.1, -0.05) is 0 Å². The van der Waals surface area contributed by atoms with Crippen molar-refractivity contribution in [3.8, 4) is 11.5 Å². The summed E-state index contributed by atoms with van der Waals surface area (Å²) in [6.45, 7) is 3.73. The van der Waals surface area contributed by atoms with Crippen molar-refractivity contribution in [2.24, 2.45) is 0 Å². The second-order valence-electron chi connectivity index (χ2n) is 5.84. The van der Waals surface area contributed by atoms with Crippen molar-refractivity contribution in [2.45, 2.75) is 20.4 Å². The molecule has 0 aliphatic carbocycles. The Balaban J connectivity index is 2.24. The van der Waals surface area contributed by atoms with Gasteiger partial charge in [0, 0.05) is 18.2 Å². The van der Waals surface area contributed by atoms with E-state index in [0.29, 0.717) is 34.1 Å². The lowest BCUT2D eigenvalue weighted by molar-refractivity contribution is 0.0598. The molecule has 2 aromatic rings. The molecule has 7 nitrogen and oxygen atoms in total. The first kappa shape index (κ1) is 19.4. The maximum absolute atomic E-state index is 12.8. The van der Waals surface area contributed by atoms with Gasteiger partial charge in [-0.3, -0.25) is 4.79 Å². The Morgan fingerprint density at radius 2 is 1.62 bits per heavy atom. The molecule has 0 N–H and O–H groups in total. The third kappa shape index (κ3) is 3.82. The SMILES string of the molecule is COC(=O)c1cc(CN(C)C(=O)c2cc(OC)c(C)c(OC)c2)oc1C. The maximum Gasteiger partial charge on any atom is 0.341 e. The molecule has 26 heavy (non-hydrogen) atoms. The highest BCUT2D eigenvalue weighted by Crippen LogP contribution is 2.30. The number of ether oxygens (including phenoxy) is 3. The van der Waals surface area contributed by atoms with E-state index in [4.69, 9.17) is 18.6 Å². The molecule has 0 aliphatic heterocycles. The first-order valence-corrected chi connectivity index (χ1v) is 7.98. The summed E-state index contributed by atoms with van der Waals surface area (Å²) < 4.78 is 20.9. The molecule has 7 heteroatoms. The topological polar surface area (TPSA) is 78.2 Å². The summed E-state index contributed by atoms with van der Waals surface area (Å²) in [6.07, 6.45) is 0. The summed E-state index contributed by atoms with van der Waals surface area (Å²) in [6, 6.07) is 4.93. The number of carbonyl (C=O) groups is 2. The predicted molar refractivity (Wildman–Crippen MR) is 94.9 cm³/mol. The van der Waals surface area contributed by atoms with Gasteiger partial charge in [0.15, 0.2) is 0 Å². The Morgan fingerprint density at radius 1 is 1.04 bits per heavy atom. The van der Waals surface area contributed by atoms with Crippen LogP contribution in [0.5, 0.6) is 11.5 Å². The Bertz CT molecular complexity index is 798. The minimum Gasteiger partial charge on any atom is -0.496 e. The molecule has 0 atom stereocenters. The van der Waals surface area contributed by atoms with E-state index >= 15 is 0 Å². The fraction of sp³-hybridized carbons (Fsp3) is 0.368. The third-order valence-electron chi connectivity index (χ3n) is 4.11. The smallest absolute Gasteiger partial charge is 0.341 e. The Labute approximate surface area is 152 Å². The van der Waals surface area contributed by atoms with Gasteiger partial charge in [-0.05, 0) is 32.0 Å². The first-order chi connectivity index (χ1) is 12.3. The van der Waals surface area contributed by atoms with E-state index in [0.717, 1.165) is 5.56 Å². The van der Waals surface area contributed by atoms with Gasteiger partial charge in [-0.2, -0.15) is 0 Å². The number of hydrogen-bond acceptors (Lipinski definition) is 6. The number of amides is 1. The molecule has 0 spiro atoms. The second kappa shape index (κ2) is 7.95. The normalized spacial score (nSPS) is 10.4. The average molecular weight is 361 g/mol. The largest absolute Gasteiger partial charge is 0.496 e. The quantitative estimate of drug-likeness (QED) is 0.736. The molecule has 0 bridgehead atoms. The molecule has 0 saturated heterocycles. The number of rotatable bonds is 6. The van der Waals surface area contributed by atoms with Crippen LogP contribution in [0, 0.1) is 13.8 Å². The van der Waals surface area contributed by atoms with E-state index in [1.807, 2.05) is 6.92 Å². The van der Waals surface area contributed by atoms with Crippen molar-refractivity contribution in [1.29, 1.82) is 0 Å². The monoisotopic (exact) mass is 361 g/mol. The van der Waals surface area contributed by atoms with E-state index in [1.165, 1.54) is 12.0 Å². The van der Waals surface area contributed by atoms with Crippen molar-refractivity contribution < 1.29 is 28.2 Å². The fourth-order valence-electron chi connectivity index (χ4n) is 2.67. The molecule has 2 rings (SSSR count). The van der Waals surface area contributed by atoms with Crippen LogP contribution in [0.15, 0.2) is 22.6 Å². The Hall–Kier alpha value is -2.96. The van der Waals surface area contributed by atoms with Gasteiger partial charge in [0.05, 0.1) is 27.9 Å². The molecule has 1 aromatic carbocycles. The number of esters is 1. The van der Waals surface area contributed by atoms with Crippen molar-refractivity contribution in [1.82, 2.24) is 4.90 Å². The molecule has 0 fully saturated rings. The van der Waals surface area contributed by atoms with Gasteiger partial charge >= 0.3 is 5.97 Å². The average Bonchev–Trinajstić information content (AvgIpc) is 3.00. The van der Waals surface area contributed by atoms with Crippen LogP contribution in [-0.2, 0) is 11.3 Å².